The molecule has 0 bridgehead atoms. The summed E-state index contributed by atoms with van der Waals surface area (Å²) in [6.45, 7) is 4.19. The number of halogens is 3. The van der Waals surface area contributed by atoms with Crippen molar-refractivity contribution < 1.29 is 13.2 Å². The fourth-order valence-electron chi connectivity index (χ4n) is 3.32. The van der Waals surface area contributed by atoms with Crippen molar-refractivity contribution in [1.29, 1.82) is 0 Å². The number of hydrogen-bond acceptors (Lipinski definition) is 0. The molecule has 0 nitrogen and oxygen atoms in total. The van der Waals surface area contributed by atoms with Crippen LogP contribution in [0.2, 0.25) is 0 Å². The third kappa shape index (κ3) is 4.18. The summed E-state index contributed by atoms with van der Waals surface area (Å²) in [6.07, 6.45) is 3.16. The average molecular weight is 250 g/mol. The molecule has 1 fully saturated rings. The normalized spacial score (nSPS) is 21.0. The lowest BCUT2D eigenvalue weighted by atomic mass is 9.57. The molecular formula is C14H25F3. The van der Waals surface area contributed by atoms with Gasteiger partial charge in [0, 0.05) is 6.42 Å². The lowest BCUT2D eigenvalue weighted by molar-refractivity contribution is -0.181. The number of alkyl halides is 3. The van der Waals surface area contributed by atoms with Gasteiger partial charge < -0.3 is 0 Å². The summed E-state index contributed by atoms with van der Waals surface area (Å²) in [5, 5.41) is 0. The lowest BCUT2D eigenvalue weighted by Crippen LogP contribution is -2.41. The molecule has 0 aromatic carbocycles. The van der Waals surface area contributed by atoms with E-state index in [-0.39, 0.29) is 0 Å². The summed E-state index contributed by atoms with van der Waals surface area (Å²) in [7, 11) is 0. The maximum absolute atomic E-state index is 12.7. The first-order valence-corrected chi connectivity index (χ1v) is 7.00. The molecule has 0 amide bonds. The molecule has 0 radical (unpaired) electrons. The summed E-state index contributed by atoms with van der Waals surface area (Å²) in [5.41, 5.74) is -0.399. The second-order valence-electron chi connectivity index (χ2n) is 5.64. The summed E-state index contributed by atoms with van der Waals surface area (Å²) in [6, 6.07) is 0. The minimum Gasteiger partial charge on any atom is -0.171 e. The maximum Gasteiger partial charge on any atom is 0.389 e. The van der Waals surface area contributed by atoms with Gasteiger partial charge in [-0.15, -0.1) is 0 Å². The van der Waals surface area contributed by atoms with Crippen molar-refractivity contribution in [3.05, 3.63) is 0 Å². The first kappa shape index (κ1) is 14.8. The van der Waals surface area contributed by atoms with Crippen LogP contribution in [-0.2, 0) is 0 Å². The van der Waals surface area contributed by atoms with Crippen LogP contribution >= 0.6 is 0 Å². The quantitative estimate of drug-likeness (QED) is 0.542. The van der Waals surface area contributed by atoms with Gasteiger partial charge in [-0.3, -0.25) is 0 Å². The van der Waals surface area contributed by atoms with Crippen LogP contribution in [-0.4, -0.2) is 6.18 Å². The van der Waals surface area contributed by atoms with E-state index in [1.165, 1.54) is 0 Å². The number of hydrogen-bond donors (Lipinski definition) is 0. The molecule has 0 heterocycles. The van der Waals surface area contributed by atoms with Gasteiger partial charge in [0.1, 0.15) is 0 Å². The van der Waals surface area contributed by atoms with E-state index in [0.717, 1.165) is 51.4 Å². The van der Waals surface area contributed by atoms with Gasteiger partial charge in [0.05, 0.1) is 0 Å². The number of rotatable bonds is 7. The first-order valence-electron chi connectivity index (χ1n) is 7.00. The molecular weight excluding hydrogens is 225 g/mol. The van der Waals surface area contributed by atoms with Gasteiger partial charge in [0.15, 0.2) is 0 Å². The molecule has 1 unspecified atom stereocenters. The van der Waals surface area contributed by atoms with Crippen LogP contribution in [0, 0.1) is 11.3 Å². The molecule has 1 atom stereocenters. The van der Waals surface area contributed by atoms with Crippen molar-refractivity contribution in [1.82, 2.24) is 0 Å². The molecule has 1 aliphatic rings. The highest BCUT2D eigenvalue weighted by molar-refractivity contribution is 4.94. The molecule has 0 aromatic rings. The maximum atomic E-state index is 12.7. The van der Waals surface area contributed by atoms with Crippen LogP contribution in [0.1, 0.15) is 71.6 Å². The van der Waals surface area contributed by atoms with Gasteiger partial charge in [-0.2, -0.15) is 13.2 Å². The second kappa shape index (κ2) is 6.10. The zero-order chi connectivity index (χ0) is 12.9. The van der Waals surface area contributed by atoms with E-state index in [1.807, 2.05) is 0 Å². The Labute approximate surface area is 103 Å². The fraction of sp³-hybridized carbons (Fsp3) is 1.00. The molecule has 0 aliphatic heterocycles. The largest absolute Gasteiger partial charge is 0.389 e. The van der Waals surface area contributed by atoms with Crippen LogP contribution in [0.3, 0.4) is 0 Å². The Kier molecular flexibility index (Phi) is 5.33. The Morgan fingerprint density at radius 3 is 2.06 bits per heavy atom. The Balaban J connectivity index is 2.65. The second-order valence-corrected chi connectivity index (χ2v) is 5.64. The van der Waals surface area contributed by atoms with Gasteiger partial charge in [-0.1, -0.05) is 46.0 Å². The fourth-order valence-corrected chi connectivity index (χ4v) is 3.32. The highest BCUT2D eigenvalue weighted by atomic mass is 19.4. The van der Waals surface area contributed by atoms with Crippen LogP contribution in [0.25, 0.3) is 0 Å². The van der Waals surface area contributed by atoms with Crippen LogP contribution in [0.5, 0.6) is 0 Å². The zero-order valence-corrected chi connectivity index (χ0v) is 11.1. The van der Waals surface area contributed by atoms with E-state index in [2.05, 4.69) is 13.8 Å². The van der Waals surface area contributed by atoms with Gasteiger partial charge >= 0.3 is 6.18 Å². The molecule has 102 valence electrons. The molecule has 0 saturated heterocycles. The van der Waals surface area contributed by atoms with Crippen molar-refractivity contribution in [2.75, 3.05) is 0 Å². The van der Waals surface area contributed by atoms with Gasteiger partial charge in [0.2, 0.25) is 0 Å². The monoisotopic (exact) mass is 250 g/mol. The van der Waals surface area contributed by atoms with Crippen molar-refractivity contribution in [2.24, 2.45) is 11.3 Å². The van der Waals surface area contributed by atoms with E-state index < -0.39 is 18.0 Å². The molecule has 1 aliphatic carbocycles. The predicted octanol–water partition coefficient (Wildman–Crippen LogP) is 5.72. The summed E-state index contributed by atoms with van der Waals surface area (Å²) in [4.78, 5) is 0. The van der Waals surface area contributed by atoms with Crippen molar-refractivity contribution in [2.45, 2.75) is 77.8 Å². The molecule has 3 heteroatoms. The van der Waals surface area contributed by atoms with E-state index in [1.54, 1.807) is 0 Å². The minimum atomic E-state index is -3.99. The molecule has 0 N–H and O–H groups in total. The van der Waals surface area contributed by atoms with E-state index >= 15 is 0 Å². The summed E-state index contributed by atoms with van der Waals surface area (Å²) in [5.74, 6) is 0.294. The van der Waals surface area contributed by atoms with E-state index in [0.29, 0.717) is 5.92 Å². The summed E-state index contributed by atoms with van der Waals surface area (Å²) >= 11 is 0. The Bertz CT molecular complexity index is 216. The zero-order valence-electron chi connectivity index (χ0n) is 11.1. The van der Waals surface area contributed by atoms with E-state index in [9.17, 15) is 13.2 Å². The highest BCUT2D eigenvalue weighted by Crippen LogP contribution is 2.56. The Morgan fingerprint density at radius 1 is 1.06 bits per heavy atom. The van der Waals surface area contributed by atoms with Crippen molar-refractivity contribution in [3.8, 4) is 0 Å². The van der Waals surface area contributed by atoms with Gasteiger partial charge in [0.25, 0.3) is 0 Å². The van der Waals surface area contributed by atoms with Gasteiger partial charge in [-0.25, -0.2) is 0 Å². The third-order valence-corrected chi connectivity index (χ3v) is 4.31. The Hall–Kier alpha value is -0.210. The topological polar surface area (TPSA) is 0 Å². The van der Waals surface area contributed by atoms with Gasteiger partial charge in [-0.05, 0) is 30.6 Å². The van der Waals surface area contributed by atoms with Crippen LogP contribution < -0.4 is 0 Å². The number of unbranched alkanes of at least 4 members (excludes halogenated alkanes) is 1. The highest BCUT2D eigenvalue weighted by Gasteiger charge is 2.49. The molecule has 1 saturated carbocycles. The molecule has 0 aromatic heterocycles. The molecule has 1 rings (SSSR count). The predicted molar refractivity (Wildman–Crippen MR) is 64.9 cm³/mol. The third-order valence-electron chi connectivity index (χ3n) is 4.31. The molecule has 0 spiro atoms. The standard InChI is InChI=1S/C14H25F3/c1-3-5-8-12(7-4-2)13(9-6-10-13)11-14(15,16)17/h12H,3-11H2,1-2H3. The minimum absolute atomic E-state index is 0.294. The van der Waals surface area contributed by atoms with E-state index in [4.69, 9.17) is 0 Å². The lowest BCUT2D eigenvalue weighted by Gasteiger charge is -2.48. The van der Waals surface area contributed by atoms with Crippen LogP contribution in [0.4, 0.5) is 13.2 Å². The Morgan fingerprint density at radius 2 is 1.71 bits per heavy atom. The summed E-state index contributed by atoms with van der Waals surface area (Å²) < 4.78 is 38.1. The van der Waals surface area contributed by atoms with Crippen molar-refractivity contribution >= 4 is 0 Å². The first-order chi connectivity index (χ1) is 7.93. The average Bonchev–Trinajstić information content (AvgIpc) is 2.17. The van der Waals surface area contributed by atoms with Crippen molar-refractivity contribution in [3.63, 3.8) is 0 Å². The SMILES string of the molecule is CCCCC(CCC)C1(CC(F)(F)F)CCC1. The van der Waals surface area contributed by atoms with Crippen LogP contribution in [0.15, 0.2) is 0 Å². The molecule has 17 heavy (non-hydrogen) atoms. The smallest absolute Gasteiger partial charge is 0.171 e.